The van der Waals surface area contributed by atoms with Crippen LogP contribution in [0.15, 0.2) is 58.7 Å². The number of benzene rings is 2. The first-order valence-corrected chi connectivity index (χ1v) is 9.93. The summed E-state index contributed by atoms with van der Waals surface area (Å²) in [4.78, 5) is 12.2. The molecule has 0 heterocycles. The topological polar surface area (TPSA) is 118 Å². The van der Waals surface area contributed by atoms with Crippen LogP contribution in [0.2, 0.25) is 0 Å². The van der Waals surface area contributed by atoms with Crippen molar-refractivity contribution < 1.29 is 4.79 Å². The van der Waals surface area contributed by atoms with E-state index in [0.717, 1.165) is 11.1 Å². The summed E-state index contributed by atoms with van der Waals surface area (Å²) in [5.41, 5.74) is 14.4. The number of carbonyl (C=O) groups is 1. The Morgan fingerprint density at radius 3 is 2.07 bits per heavy atom. The van der Waals surface area contributed by atoms with Gasteiger partial charge in [-0.3, -0.25) is 0 Å². The van der Waals surface area contributed by atoms with Gasteiger partial charge in [0.05, 0.1) is 5.71 Å². The summed E-state index contributed by atoms with van der Waals surface area (Å²) in [6, 6.07) is 14.4. The van der Waals surface area contributed by atoms with Crippen LogP contribution in [0.1, 0.15) is 43.7 Å². The molecule has 0 spiro atoms. The van der Waals surface area contributed by atoms with Crippen LogP contribution >= 0.6 is 0 Å². The van der Waals surface area contributed by atoms with Gasteiger partial charge in [0, 0.05) is 22.9 Å². The molecule has 1 fully saturated rings. The molecule has 0 aromatic heterocycles. The lowest BCUT2D eigenvalue weighted by Gasteiger charge is -2.08. The second-order valence-corrected chi connectivity index (χ2v) is 7.19. The van der Waals surface area contributed by atoms with Gasteiger partial charge in [0.1, 0.15) is 0 Å². The van der Waals surface area contributed by atoms with E-state index in [9.17, 15) is 4.79 Å². The largest absolute Gasteiger partial charge is 0.369 e. The summed E-state index contributed by atoms with van der Waals surface area (Å²) in [5, 5.41) is 13.2. The van der Waals surface area contributed by atoms with Crippen molar-refractivity contribution in [3.8, 4) is 11.8 Å². The van der Waals surface area contributed by atoms with Crippen molar-refractivity contribution >= 4 is 29.1 Å². The average molecular weight is 403 g/mol. The highest BCUT2D eigenvalue weighted by Crippen LogP contribution is 2.23. The van der Waals surface area contributed by atoms with E-state index >= 15 is 0 Å². The van der Waals surface area contributed by atoms with Crippen LogP contribution < -0.4 is 22.1 Å². The van der Waals surface area contributed by atoms with E-state index in [-0.39, 0.29) is 12.0 Å². The molecule has 2 amide bonds. The number of nitrogens with two attached hydrogens (primary N) is 2. The van der Waals surface area contributed by atoms with E-state index in [2.05, 4.69) is 32.7 Å². The van der Waals surface area contributed by atoms with Crippen LogP contribution in [-0.2, 0) is 0 Å². The minimum Gasteiger partial charge on any atom is -0.369 e. The molecular weight excluding hydrogens is 376 g/mol. The average Bonchev–Trinajstić information content (AvgIpc) is 3.25. The van der Waals surface area contributed by atoms with E-state index in [1.807, 2.05) is 36.4 Å². The second kappa shape index (κ2) is 10.1. The van der Waals surface area contributed by atoms with Crippen molar-refractivity contribution in [1.29, 1.82) is 0 Å². The van der Waals surface area contributed by atoms with Crippen LogP contribution in [0.25, 0.3) is 0 Å². The van der Waals surface area contributed by atoms with Crippen LogP contribution in [0, 0.1) is 17.8 Å². The van der Waals surface area contributed by atoms with Crippen molar-refractivity contribution in [2.75, 3.05) is 10.6 Å². The molecule has 3 rings (SSSR count). The van der Waals surface area contributed by atoms with Crippen molar-refractivity contribution in [2.24, 2.45) is 27.6 Å². The summed E-state index contributed by atoms with van der Waals surface area (Å²) in [5.74, 6) is 7.00. The fourth-order valence-electron chi connectivity index (χ4n) is 3.17. The molecule has 6 N–H and O–H groups in total. The Kier molecular flexibility index (Phi) is 7.06. The lowest BCUT2D eigenvalue weighted by Crippen LogP contribution is -2.22. The Labute approximate surface area is 176 Å². The molecule has 0 atom stereocenters. The number of nitrogens with one attached hydrogen (secondary N) is 2. The van der Waals surface area contributed by atoms with Crippen LogP contribution in [-0.4, -0.2) is 17.7 Å². The maximum absolute atomic E-state index is 12.2. The molecule has 0 aliphatic heterocycles. The van der Waals surface area contributed by atoms with Gasteiger partial charge in [0.25, 0.3) is 0 Å². The van der Waals surface area contributed by atoms with Gasteiger partial charge in [-0.05, 0) is 61.7 Å². The molecule has 1 aliphatic rings. The Bertz CT molecular complexity index is 987. The zero-order valence-electron chi connectivity index (χ0n) is 17.0. The van der Waals surface area contributed by atoms with E-state index < -0.39 is 0 Å². The molecule has 0 radical (unpaired) electrons. The summed E-state index contributed by atoms with van der Waals surface area (Å²) in [6.45, 7) is 1.80. The van der Waals surface area contributed by atoms with Gasteiger partial charge in [0.2, 0.25) is 5.96 Å². The number of hydrogen-bond donors (Lipinski definition) is 4. The predicted octanol–water partition coefficient (Wildman–Crippen LogP) is 3.87. The molecule has 2 aromatic carbocycles. The number of hydrogen-bond acceptors (Lipinski definition) is 3. The van der Waals surface area contributed by atoms with Gasteiger partial charge >= 0.3 is 6.03 Å². The van der Waals surface area contributed by atoms with Crippen molar-refractivity contribution in [3.05, 3.63) is 59.7 Å². The predicted molar refractivity (Wildman–Crippen MR) is 122 cm³/mol. The van der Waals surface area contributed by atoms with E-state index in [1.165, 1.54) is 25.7 Å². The number of nitrogens with zero attached hydrogens (tertiary/aromatic N) is 2. The number of rotatable bonds is 4. The first kappa shape index (κ1) is 20.9. The first-order valence-electron chi connectivity index (χ1n) is 9.93. The van der Waals surface area contributed by atoms with Gasteiger partial charge in [-0.15, -0.1) is 5.10 Å². The number of carbonyl (C=O) groups excluding carboxylic acids is 1. The molecule has 7 nitrogen and oxygen atoms in total. The molecule has 30 heavy (non-hydrogen) atoms. The van der Waals surface area contributed by atoms with E-state index in [1.54, 1.807) is 19.1 Å². The van der Waals surface area contributed by atoms with E-state index in [0.29, 0.717) is 23.0 Å². The molecule has 1 aliphatic carbocycles. The summed E-state index contributed by atoms with van der Waals surface area (Å²) in [7, 11) is 0. The number of urea groups is 1. The number of amides is 2. The second-order valence-electron chi connectivity index (χ2n) is 7.19. The lowest BCUT2D eigenvalue weighted by molar-refractivity contribution is 0.262. The Balaban J connectivity index is 1.53. The summed E-state index contributed by atoms with van der Waals surface area (Å²) >= 11 is 0. The third-order valence-electron chi connectivity index (χ3n) is 4.79. The normalized spacial score (nSPS) is 13.8. The Morgan fingerprint density at radius 1 is 0.933 bits per heavy atom. The zero-order valence-corrected chi connectivity index (χ0v) is 17.0. The molecule has 1 saturated carbocycles. The quantitative estimate of drug-likeness (QED) is 0.269. The molecule has 0 bridgehead atoms. The van der Waals surface area contributed by atoms with Gasteiger partial charge in [-0.1, -0.05) is 36.8 Å². The summed E-state index contributed by atoms with van der Waals surface area (Å²) in [6.07, 6.45) is 4.98. The lowest BCUT2D eigenvalue weighted by atomic mass is 10.1. The number of anilines is 2. The molecule has 0 unspecified atom stereocenters. The maximum Gasteiger partial charge on any atom is 0.323 e. The standard InChI is InChI=1S/C23H26N6O/c1-16(28-29-22(24)25)19-10-14-21(15-11-19)27-23(30)26-20-12-8-18(9-13-20)7-6-17-4-2-3-5-17/h8-15,17H,2-5H2,1H3,(H4,24,25,29)(H2,26,27,30)/b28-16+. The van der Waals surface area contributed by atoms with Gasteiger partial charge in [-0.25, -0.2) is 4.79 Å². The summed E-state index contributed by atoms with van der Waals surface area (Å²) < 4.78 is 0. The Hall–Kier alpha value is -3.79. The SMILES string of the molecule is C/C(=N\N=C(N)N)c1ccc(NC(=O)Nc2ccc(C#CC3CCCC3)cc2)cc1. The molecule has 0 saturated heterocycles. The Morgan fingerprint density at radius 2 is 1.50 bits per heavy atom. The highest BCUT2D eigenvalue weighted by atomic mass is 16.2. The third kappa shape index (κ3) is 6.38. The fraction of sp³-hybridized carbons (Fsp3) is 0.261. The molecule has 2 aromatic rings. The van der Waals surface area contributed by atoms with E-state index in [4.69, 9.17) is 11.5 Å². The monoisotopic (exact) mass is 402 g/mol. The van der Waals surface area contributed by atoms with Crippen molar-refractivity contribution in [3.63, 3.8) is 0 Å². The van der Waals surface area contributed by atoms with Crippen molar-refractivity contribution in [2.45, 2.75) is 32.6 Å². The minimum absolute atomic E-state index is 0.0989. The highest BCUT2D eigenvalue weighted by Gasteiger charge is 2.11. The number of guanidine groups is 1. The van der Waals surface area contributed by atoms with Crippen LogP contribution in [0.4, 0.5) is 16.2 Å². The third-order valence-corrected chi connectivity index (χ3v) is 4.79. The maximum atomic E-state index is 12.2. The smallest absolute Gasteiger partial charge is 0.323 e. The fourth-order valence-corrected chi connectivity index (χ4v) is 3.17. The molecule has 7 heteroatoms. The molecule has 154 valence electrons. The zero-order chi connectivity index (χ0) is 21.3. The van der Waals surface area contributed by atoms with Crippen LogP contribution in [0.5, 0.6) is 0 Å². The van der Waals surface area contributed by atoms with Gasteiger partial charge in [-0.2, -0.15) is 5.10 Å². The highest BCUT2D eigenvalue weighted by molar-refractivity contribution is 6.01. The molecular formula is C23H26N6O. The van der Waals surface area contributed by atoms with Crippen molar-refractivity contribution in [1.82, 2.24) is 0 Å². The first-order chi connectivity index (χ1) is 14.5. The van der Waals surface area contributed by atoms with Crippen LogP contribution in [0.3, 0.4) is 0 Å². The minimum atomic E-state index is -0.321. The van der Waals surface area contributed by atoms with Gasteiger partial charge < -0.3 is 22.1 Å². The van der Waals surface area contributed by atoms with Gasteiger partial charge in [0.15, 0.2) is 0 Å².